The number of aliphatic hydroxyl groups is 1. The minimum atomic E-state index is -0.804. The highest BCUT2D eigenvalue weighted by Gasteiger charge is 2.30. The van der Waals surface area contributed by atoms with E-state index in [0.29, 0.717) is 18.0 Å². The SMILES string of the molecule is O=C(NCC1(O)CCSCC1)c1cc2ccccc2c(Cl)n1. The van der Waals surface area contributed by atoms with Gasteiger partial charge in [0.2, 0.25) is 0 Å². The van der Waals surface area contributed by atoms with Gasteiger partial charge in [0.25, 0.3) is 5.91 Å². The zero-order valence-corrected chi connectivity index (χ0v) is 13.6. The second-order valence-corrected chi connectivity index (χ2v) is 7.12. The third-order valence-electron chi connectivity index (χ3n) is 3.93. The normalized spacial score (nSPS) is 17.4. The molecule has 22 heavy (non-hydrogen) atoms. The maximum Gasteiger partial charge on any atom is 0.270 e. The number of benzene rings is 1. The lowest BCUT2D eigenvalue weighted by atomic mass is 9.97. The number of rotatable bonds is 3. The van der Waals surface area contributed by atoms with Gasteiger partial charge in [-0.2, -0.15) is 11.8 Å². The molecule has 1 amide bonds. The Balaban J connectivity index is 1.75. The molecule has 0 radical (unpaired) electrons. The monoisotopic (exact) mass is 336 g/mol. The minimum Gasteiger partial charge on any atom is -0.388 e. The Bertz CT molecular complexity index is 702. The van der Waals surface area contributed by atoms with Gasteiger partial charge in [-0.3, -0.25) is 4.79 Å². The molecule has 1 aromatic carbocycles. The predicted octanol–water partition coefficient (Wildman–Crippen LogP) is 2.88. The average Bonchev–Trinajstić information content (AvgIpc) is 2.53. The van der Waals surface area contributed by atoms with E-state index in [4.69, 9.17) is 11.6 Å². The number of hydrogen-bond acceptors (Lipinski definition) is 4. The topological polar surface area (TPSA) is 62.2 Å². The molecule has 0 bridgehead atoms. The Morgan fingerprint density at radius 1 is 1.36 bits per heavy atom. The number of hydrogen-bond donors (Lipinski definition) is 2. The quantitative estimate of drug-likeness (QED) is 0.846. The Kier molecular flexibility index (Phi) is 4.57. The van der Waals surface area contributed by atoms with E-state index in [1.807, 2.05) is 36.0 Å². The summed E-state index contributed by atoms with van der Waals surface area (Å²) >= 11 is 7.97. The van der Waals surface area contributed by atoms with Crippen LogP contribution in [0, 0.1) is 0 Å². The van der Waals surface area contributed by atoms with Crippen molar-refractivity contribution in [3.8, 4) is 0 Å². The zero-order valence-electron chi connectivity index (χ0n) is 12.0. The molecule has 4 nitrogen and oxygen atoms in total. The first-order chi connectivity index (χ1) is 10.6. The molecule has 0 aliphatic carbocycles. The van der Waals surface area contributed by atoms with Crippen molar-refractivity contribution in [3.63, 3.8) is 0 Å². The average molecular weight is 337 g/mol. The number of carbonyl (C=O) groups is 1. The molecular weight excluding hydrogens is 320 g/mol. The van der Waals surface area contributed by atoms with Gasteiger partial charge in [0.15, 0.2) is 0 Å². The molecule has 3 rings (SSSR count). The summed E-state index contributed by atoms with van der Waals surface area (Å²) in [4.78, 5) is 16.4. The summed E-state index contributed by atoms with van der Waals surface area (Å²) in [6.07, 6.45) is 1.40. The molecule has 1 aliphatic heterocycles. The fourth-order valence-corrected chi connectivity index (χ4v) is 4.05. The highest BCUT2D eigenvalue weighted by molar-refractivity contribution is 7.99. The molecule has 1 saturated heterocycles. The fourth-order valence-electron chi connectivity index (χ4n) is 2.54. The second-order valence-electron chi connectivity index (χ2n) is 5.54. The van der Waals surface area contributed by atoms with Gasteiger partial charge in [-0.1, -0.05) is 35.9 Å². The lowest BCUT2D eigenvalue weighted by molar-refractivity contribution is 0.0310. The highest BCUT2D eigenvalue weighted by atomic mass is 35.5. The van der Waals surface area contributed by atoms with Gasteiger partial charge >= 0.3 is 0 Å². The molecule has 0 saturated carbocycles. The van der Waals surface area contributed by atoms with E-state index in [1.54, 1.807) is 6.07 Å². The van der Waals surface area contributed by atoms with E-state index in [0.717, 1.165) is 22.3 Å². The van der Waals surface area contributed by atoms with Gasteiger partial charge < -0.3 is 10.4 Å². The van der Waals surface area contributed by atoms with E-state index in [-0.39, 0.29) is 18.1 Å². The van der Waals surface area contributed by atoms with Crippen molar-refractivity contribution in [1.29, 1.82) is 0 Å². The number of carbonyl (C=O) groups excluding carboxylic acids is 1. The fraction of sp³-hybridized carbons (Fsp3) is 0.375. The van der Waals surface area contributed by atoms with Crippen LogP contribution in [0.15, 0.2) is 30.3 Å². The maximum absolute atomic E-state index is 12.3. The van der Waals surface area contributed by atoms with Gasteiger partial charge in [0.05, 0.1) is 5.60 Å². The van der Waals surface area contributed by atoms with E-state index in [9.17, 15) is 9.90 Å². The number of amides is 1. The summed E-state index contributed by atoms with van der Waals surface area (Å²) in [7, 11) is 0. The first-order valence-corrected chi connectivity index (χ1v) is 8.74. The number of fused-ring (bicyclic) bond motifs is 1. The van der Waals surface area contributed by atoms with Gasteiger partial charge in [0, 0.05) is 11.9 Å². The molecule has 1 aliphatic rings. The summed E-state index contributed by atoms with van der Waals surface area (Å²) in [5, 5.41) is 15.2. The summed E-state index contributed by atoms with van der Waals surface area (Å²) in [6, 6.07) is 9.26. The summed E-state index contributed by atoms with van der Waals surface area (Å²) in [5.41, 5.74) is -0.529. The van der Waals surface area contributed by atoms with Crippen LogP contribution in [-0.2, 0) is 0 Å². The Labute approximate surface area is 138 Å². The molecule has 0 spiro atoms. The Hall–Kier alpha value is -1.30. The molecule has 2 heterocycles. The van der Waals surface area contributed by atoms with E-state index < -0.39 is 5.60 Å². The summed E-state index contributed by atoms with van der Waals surface area (Å²) in [6.45, 7) is 0.249. The lowest BCUT2D eigenvalue weighted by Crippen LogP contribution is -2.45. The van der Waals surface area contributed by atoms with Crippen LogP contribution in [0.2, 0.25) is 5.15 Å². The van der Waals surface area contributed by atoms with Gasteiger partial charge in [0.1, 0.15) is 10.8 Å². The summed E-state index contributed by atoms with van der Waals surface area (Å²) < 4.78 is 0. The van der Waals surface area contributed by atoms with Crippen molar-refractivity contribution in [1.82, 2.24) is 10.3 Å². The molecule has 2 N–H and O–H groups in total. The van der Waals surface area contributed by atoms with Crippen molar-refractivity contribution in [2.75, 3.05) is 18.1 Å². The molecule has 1 fully saturated rings. The molecule has 0 unspecified atom stereocenters. The van der Waals surface area contributed by atoms with Crippen LogP contribution in [0.1, 0.15) is 23.3 Å². The second kappa shape index (κ2) is 6.44. The first-order valence-electron chi connectivity index (χ1n) is 7.21. The Morgan fingerprint density at radius 2 is 2.09 bits per heavy atom. The van der Waals surface area contributed by atoms with Crippen molar-refractivity contribution in [3.05, 3.63) is 41.2 Å². The first kappa shape index (κ1) is 15.6. The van der Waals surface area contributed by atoms with Crippen molar-refractivity contribution < 1.29 is 9.90 Å². The molecule has 0 atom stereocenters. The zero-order chi connectivity index (χ0) is 15.6. The number of nitrogens with one attached hydrogen (secondary N) is 1. The predicted molar refractivity (Wildman–Crippen MR) is 90.6 cm³/mol. The maximum atomic E-state index is 12.3. The van der Waals surface area contributed by atoms with E-state index in [2.05, 4.69) is 10.3 Å². The van der Waals surface area contributed by atoms with Crippen molar-refractivity contribution >= 4 is 40.0 Å². The number of halogens is 1. The van der Waals surface area contributed by atoms with Gasteiger partial charge in [-0.25, -0.2) is 4.98 Å². The van der Waals surface area contributed by atoms with Crippen LogP contribution in [0.5, 0.6) is 0 Å². The summed E-state index contributed by atoms with van der Waals surface area (Å²) in [5.74, 6) is 1.54. The molecule has 2 aromatic rings. The molecule has 6 heteroatoms. The highest BCUT2D eigenvalue weighted by Crippen LogP contribution is 2.26. The van der Waals surface area contributed by atoms with E-state index >= 15 is 0 Å². The molecule has 1 aromatic heterocycles. The third kappa shape index (κ3) is 3.37. The minimum absolute atomic E-state index is 0.249. The van der Waals surface area contributed by atoms with Crippen LogP contribution >= 0.6 is 23.4 Å². The number of pyridine rings is 1. The Morgan fingerprint density at radius 3 is 2.86 bits per heavy atom. The van der Waals surface area contributed by atoms with E-state index in [1.165, 1.54) is 0 Å². The third-order valence-corrected chi connectivity index (χ3v) is 5.20. The lowest BCUT2D eigenvalue weighted by Gasteiger charge is -2.31. The largest absolute Gasteiger partial charge is 0.388 e. The molecular formula is C16H17ClN2O2S. The van der Waals surface area contributed by atoms with Gasteiger partial charge in [-0.15, -0.1) is 0 Å². The van der Waals surface area contributed by atoms with Crippen LogP contribution in [-0.4, -0.2) is 39.6 Å². The number of thioether (sulfide) groups is 1. The smallest absolute Gasteiger partial charge is 0.270 e. The van der Waals surface area contributed by atoms with Crippen LogP contribution in [0.3, 0.4) is 0 Å². The molecule has 116 valence electrons. The standard InChI is InChI=1S/C16H17ClN2O2S/c17-14-12-4-2-1-3-11(12)9-13(19-14)15(20)18-10-16(21)5-7-22-8-6-16/h1-4,9,21H,5-8,10H2,(H,18,20). The van der Waals surface area contributed by atoms with Crippen molar-refractivity contribution in [2.45, 2.75) is 18.4 Å². The number of nitrogens with zero attached hydrogens (tertiary/aromatic N) is 1. The van der Waals surface area contributed by atoms with Crippen LogP contribution in [0.25, 0.3) is 10.8 Å². The van der Waals surface area contributed by atoms with Crippen LogP contribution < -0.4 is 5.32 Å². The number of aromatic nitrogens is 1. The van der Waals surface area contributed by atoms with Gasteiger partial charge in [-0.05, 0) is 35.8 Å². The van der Waals surface area contributed by atoms with Crippen LogP contribution in [0.4, 0.5) is 0 Å². The van der Waals surface area contributed by atoms with Crippen molar-refractivity contribution in [2.24, 2.45) is 0 Å².